The molecule has 2 aromatic carbocycles. The van der Waals surface area contributed by atoms with Crippen molar-refractivity contribution in [2.75, 3.05) is 14.1 Å². The first-order chi connectivity index (χ1) is 17.7. The molecule has 186 valence electrons. The quantitative estimate of drug-likeness (QED) is 0.237. The molecule has 10 nitrogen and oxygen atoms in total. The number of para-hydroxylation sites is 1. The number of aromatic amines is 2. The number of aromatic nitrogens is 2. The first kappa shape index (κ1) is 22.1. The fourth-order valence-electron chi connectivity index (χ4n) is 7.00. The van der Waals surface area contributed by atoms with E-state index in [-0.39, 0.29) is 17.8 Å². The average molecular weight is 560 g/mol. The summed E-state index contributed by atoms with van der Waals surface area (Å²) in [5.41, 5.74) is 13.4. The van der Waals surface area contributed by atoms with Gasteiger partial charge < -0.3 is 15.7 Å². The molecule has 11 heteroatoms. The number of rotatable bonds is 2. The van der Waals surface area contributed by atoms with Crippen molar-refractivity contribution in [2.24, 2.45) is 16.5 Å². The maximum Gasteiger partial charge on any atom is 0.353 e. The molecule has 1 saturated carbocycles. The molecule has 4 atom stereocenters. The maximum atomic E-state index is 14.3. The summed E-state index contributed by atoms with van der Waals surface area (Å²) < 4.78 is 2.72. The minimum Gasteiger partial charge on any atom is -0.370 e. The molecule has 0 bridgehead atoms. The van der Waals surface area contributed by atoms with Gasteiger partial charge in [0.2, 0.25) is 5.54 Å². The van der Waals surface area contributed by atoms with Crippen LogP contribution in [-0.4, -0.2) is 68.4 Å². The van der Waals surface area contributed by atoms with Crippen LogP contribution in [0.25, 0.3) is 21.8 Å². The topological polar surface area (TPSA) is 148 Å². The van der Waals surface area contributed by atoms with E-state index in [9.17, 15) is 9.59 Å². The van der Waals surface area contributed by atoms with Crippen molar-refractivity contribution in [3.63, 3.8) is 0 Å². The first-order valence-corrected chi connectivity index (χ1v) is 12.7. The molecule has 0 radical (unpaired) electrons. The number of carbonyl (C=O) groups excluding carboxylic acids is 2. The van der Waals surface area contributed by atoms with Gasteiger partial charge in [0.25, 0.3) is 5.91 Å². The Hall–Kier alpha value is -4.12. The Morgan fingerprint density at radius 3 is 2.27 bits per heavy atom. The zero-order valence-electron chi connectivity index (χ0n) is 20.0. The summed E-state index contributed by atoms with van der Waals surface area (Å²) in [5.74, 6) is -1.54. The standard InChI is InChI=1S/C26H23BrN8O2/c1-34-22(37)26(35(2)24(34)29)19(15-10-30-17-6-4-3-5-13(15)17)25(21(36)32-23(28)33-25)20(26)16-11-31-18-9-12(27)7-8-14(16)18/h3-11,19-20,29-31H,1-2H3,(H3,28,32,33,36)/p+1/t19-,20+,25?,26+/m0/s1. The van der Waals surface area contributed by atoms with Crippen molar-refractivity contribution in [1.82, 2.24) is 20.2 Å². The number of nitrogens with one attached hydrogen (secondary N) is 3. The number of likely N-dealkylation sites (N-methyl/N-ethyl adjacent to an activating group) is 2. The average Bonchev–Trinajstić information content (AvgIpc) is 3.59. The van der Waals surface area contributed by atoms with Crippen LogP contribution >= 0.6 is 15.9 Å². The van der Waals surface area contributed by atoms with E-state index in [0.717, 1.165) is 37.4 Å². The molecule has 2 aliphatic heterocycles. The lowest BCUT2D eigenvalue weighted by Gasteiger charge is -2.59. The molecule has 37 heavy (non-hydrogen) atoms. The van der Waals surface area contributed by atoms with E-state index in [0.29, 0.717) is 5.96 Å². The number of amides is 2. The molecule has 3 aliphatic rings. The van der Waals surface area contributed by atoms with Gasteiger partial charge in [0, 0.05) is 38.7 Å². The van der Waals surface area contributed by atoms with Gasteiger partial charge in [-0.25, -0.2) is 14.5 Å². The van der Waals surface area contributed by atoms with Crippen molar-refractivity contribution in [1.29, 1.82) is 0 Å². The van der Waals surface area contributed by atoms with Crippen LogP contribution in [0.2, 0.25) is 0 Å². The summed E-state index contributed by atoms with van der Waals surface area (Å²) in [6.07, 6.45) is 3.73. The smallest absolute Gasteiger partial charge is 0.353 e. The molecule has 2 amide bonds. The molecule has 0 saturated heterocycles. The van der Waals surface area contributed by atoms with Crippen LogP contribution in [0.4, 0.5) is 0 Å². The number of fused-ring (bicyclic) bond motifs is 2. The zero-order chi connectivity index (χ0) is 25.9. The van der Waals surface area contributed by atoms with E-state index in [1.54, 1.807) is 7.05 Å². The van der Waals surface area contributed by atoms with Crippen molar-refractivity contribution in [2.45, 2.75) is 22.9 Å². The number of hydrogen-bond donors (Lipinski definition) is 5. The molecule has 4 heterocycles. The van der Waals surface area contributed by atoms with Crippen LogP contribution in [0.1, 0.15) is 23.0 Å². The van der Waals surface area contributed by atoms with Gasteiger partial charge in [0.05, 0.1) is 25.9 Å². The third-order valence-corrected chi connectivity index (χ3v) is 8.97. The number of nitrogens with two attached hydrogens (primary N) is 2. The Morgan fingerprint density at radius 2 is 1.65 bits per heavy atom. The number of guanidine groups is 2. The largest absolute Gasteiger partial charge is 0.370 e. The highest BCUT2D eigenvalue weighted by atomic mass is 79.9. The van der Waals surface area contributed by atoms with E-state index >= 15 is 0 Å². The molecule has 1 unspecified atom stereocenters. The summed E-state index contributed by atoms with van der Waals surface area (Å²) >= 11 is 3.53. The summed E-state index contributed by atoms with van der Waals surface area (Å²) in [5, 5.41) is 4.54. The molecule has 2 spiro atoms. The Bertz CT molecular complexity index is 1750. The number of hydrogen-bond acceptors (Lipinski definition) is 5. The van der Waals surface area contributed by atoms with Gasteiger partial charge in [-0.2, -0.15) is 0 Å². The van der Waals surface area contributed by atoms with Gasteiger partial charge in [0.15, 0.2) is 11.5 Å². The van der Waals surface area contributed by atoms with E-state index in [2.05, 4.69) is 31.2 Å². The lowest BCUT2D eigenvalue weighted by atomic mass is 9.43. The molecule has 1 aliphatic carbocycles. The number of aliphatic imine (C=N–C) groups is 1. The lowest BCUT2D eigenvalue weighted by Crippen LogP contribution is -2.78. The van der Waals surface area contributed by atoms with Crippen LogP contribution in [0.3, 0.4) is 0 Å². The van der Waals surface area contributed by atoms with Crippen molar-refractivity contribution in [3.8, 4) is 0 Å². The molecule has 2 aromatic heterocycles. The zero-order valence-corrected chi connectivity index (χ0v) is 21.6. The highest BCUT2D eigenvalue weighted by Gasteiger charge is 2.85. The predicted molar refractivity (Wildman–Crippen MR) is 143 cm³/mol. The Morgan fingerprint density at radius 1 is 1.00 bits per heavy atom. The number of halogens is 1. The summed E-state index contributed by atoms with van der Waals surface area (Å²) in [6.45, 7) is 0. The minimum atomic E-state index is -1.37. The number of H-pyrrole nitrogens is 2. The molecular formula is C26H24BrN8O2+. The Balaban J connectivity index is 1.60. The Kier molecular flexibility index (Phi) is 4.18. The number of nitrogens with zero attached hydrogens (tertiary/aromatic N) is 3. The van der Waals surface area contributed by atoms with Gasteiger partial charge in [-0.15, -0.1) is 0 Å². The van der Waals surface area contributed by atoms with Gasteiger partial charge >= 0.3 is 11.9 Å². The fraction of sp³-hybridized carbons (Fsp3) is 0.231. The summed E-state index contributed by atoms with van der Waals surface area (Å²) in [6, 6.07) is 13.7. The lowest BCUT2D eigenvalue weighted by molar-refractivity contribution is -0.590. The maximum absolute atomic E-state index is 14.3. The van der Waals surface area contributed by atoms with Crippen LogP contribution in [0.5, 0.6) is 0 Å². The fourth-order valence-corrected chi connectivity index (χ4v) is 7.36. The van der Waals surface area contributed by atoms with Crippen molar-refractivity contribution >= 4 is 61.5 Å². The second kappa shape index (κ2) is 7.00. The predicted octanol–water partition coefficient (Wildman–Crippen LogP) is 1.64. The highest BCUT2D eigenvalue weighted by molar-refractivity contribution is 9.10. The highest BCUT2D eigenvalue weighted by Crippen LogP contribution is 2.69. The monoisotopic (exact) mass is 559 g/mol. The summed E-state index contributed by atoms with van der Waals surface area (Å²) in [7, 11) is 3.47. The SMILES string of the molecule is CN1C(=O)[C@@]2([C@H](c3c[nH]c4cc(Br)ccc34)C3(N=C(N)NC3=O)[C@@H]2c2c[nH]c3ccccc23)[N+](C)=C1N. The van der Waals surface area contributed by atoms with E-state index in [4.69, 9.17) is 16.5 Å². The second-order valence-corrected chi connectivity index (χ2v) is 10.9. The number of carbonyl (C=O) groups is 2. The third kappa shape index (κ3) is 2.40. The van der Waals surface area contributed by atoms with Gasteiger partial charge in [-0.05, 0) is 29.3 Å². The first-order valence-electron chi connectivity index (χ1n) is 11.9. The molecule has 7 rings (SSSR count). The molecule has 7 N–H and O–H groups in total. The minimum absolute atomic E-state index is 0.0377. The van der Waals surface area contributed by atoms with Crippen LogP contribution in [0.15, 0.2) is 64.3 Å². The molecule has 1 fully saturated rings. The molecule has 4 aromatic rings. The van der Waals surface area contributed by atoms with Crippen LogP contribution < -0.4 is 16.8 Å². The van der Waals surface area contributed by atoms with E-state index in [1.165, 1.54) is 4.90 Å². The molecular weight excluding hydrogens is 536 g/mol. The van der Waals surface area contributed by atoms with Crippen LogP contribution in [-0.2, 0) is 9.59 Å². The van der Waals surface area contributed by atoms with Gasteiger partial charge in [-0.3, -0.25) is 20.6 Å². The van der Waals surface area contributed by atoms with Crippen LogP contribution in [0, 0.1) is 0 Å². The number of benzene rings is 2. The van der Waals surface area contributed by atoms with Gasteiger partial charge in [-0.1, -0.05) is 40.2 Å². The van der Waals surface area contributed by atoms with Crippen molar-refractivity contribution in [3.05, 3.63) is 70.5 Å². The van der Waals surface area contributed by atoms with Gasteiger partial charge in [0.1, 0.15) is 0 Å². The van der Waals surface area contributed by atoms with E-state index < -0.39 is 22.9 Å². The Labute approximate surface area is 219 Å². The third-order valence-electron chi connectivity index (χ3n) is 8.48. The summed E-state index contributed by atoms with van der Waals surface area (Å²) in [4.78, 5) is 41.2. The second-order valence-electron chi connectivity index (χ2n) is 9.97. The van der Waals surface area contributed by atoms with Crippen molar-refractivity contribution < 1.29 is 14.2 Å². The normalized spacial score (nSPS) is 29.2. The van der Waals surface area contributed by atoms with E-state index in [1.807, 2.05) is 66.5 Å².